The van der Waals surface area contributed by atoms with E-state index in [-0.39, 0.29) is 16.8 Å². The van der Waals surface area contributed by atoms with Crippen LogP contribution in [0.4, 0.5) is 0 Å². The zero-order valence-corrected chi connectivity index (χ0v) is 10.9. The molecule has 2 N–H and O–H groups in total. The van der Waals surface area contributed by atoms with Gasteiger partial charge in [0.1, 0.15) is 6.04 Å². The van der Waals surface area contributed by atoms with Crippen LogP contribution >= 0.6 is 11.8 Å². The number of nitrogens with one attached hydrogen (secondary N) is 1. The highest BCUT2D eigenvalue weighted by atomic mass is 32.2. The van der Waals surface area contributed by atoms with E-state index in [4.69, 9.17) is 5.11 Å². The third kappa shape index (κ3) is 3.34. The van der Waals surface area contributed by atoms with Crippen molar-refractivity contribution >= 4 is 23.6 Å². The predicted octanol–water partition coefficient (Wildman–Crippen LogP) is -0.129. The summed E-state index contributed by atoms with van der Waals surface area (Å²) >= 11 is 0.937. The average Bonchev–Trinajstić information content (AvgIpc) is 2.37. The van der Waals surface area contributed by atoms with Crippen molar-refractivity contribution in [2.45, 2.75) is 24.0 Å². The molecule has 102 valence electrons. The normalized spacial score (nSPS) is 18.9. The summed E-state index contributed by atoms with van der Waals surface area (Å²) in [5.74, 6) is -1.33. The van der Waals surface area contributed by atoms with Crippen molar-refractivity contribution < 1.29 is 14.7 Å². The van der Waals surface area contributed by atoms with Gasteiger partial charge in [-0.15, -0.1) is 0 Å². The van der Waals surface area contributed by atoms with Crippen molar-refractivity contribution in [2.24, 2.45) is 0 Å². The van der Waals surface area contributed by atoms with Crippen molar-refractivity contribution in [3.63, 3.8) is 0 Å². The first-order valence-electron chi connectivity index (χ1n) is 5.79. The molecule has 0 aromatic carbocycles. The van der Waals surface area contributed by atoms with E-state index in [0.29, 0.717) is 13.0 Å². The van der Waals surface area contributed by atoms with Crippen LogP contribution in [0.2, 0.25) is 0 Å². The maximum Gasteiger partial charge on any atom is 0.313 e. The summed E-state index contributed by atoms with van der Waals surface area (Å²) in [6.07, 6.45) is 2.98. The number of carboxylic acid groups (broad SMARTS) is 1. The highest BCUT2D eigenvalue weighted by molar-refractivity contribution is 7.99. The maximum absolute atomic E-state index is 11.8. The monoisotopic (exact) mass is 283 g/mol. The average molecular weight is 283 g/mol. The lowest BCUT2D eigenvalue weighted by molar-refractivity contribution is -0.134. The van der Waals surface area contributed by atoms with Crippen molar-refractivity contribution in [3.05, 3.63) is 22.6 Å². The van der Waals surface area contributed by atoms with Crippen LogP contribution in [0.5, 0.6) is 0 Å². The number of amides is 1. The van der Waals surface area contributed by atoms with Gasteiger partial charge in [-0.05, 0) is 12.8 Å². The van der Waals surface area contributed by atoms with Gasteiger partial charge in [0.05, 0.1) is 5.75 Å². The SMILES string of the molecule is O=C(O)CSc1nc(=O)ccn1C1CCCNC1=O. The summed E-state index contributed by atoms with van der Waals surface area (Å²) in [6, 6.07) is 0.838. The van der Waals surface area contributed by atoms with Gasteiger partial charge in [-0.25, -0.2) is 0 Å². The molecule has 1 aliphatic heterocycles. The van der Waals surface area contributed by atoms with Crippen LogP contribution in [0.25, 0.3) is 0 Å². The molecule has 1 atom stereocenters. The molecule has 1 saturated heterocycles. The number of hydrogen-bond acceptors (Lipinski definition) is 5. The zero-order valence-electron chi connectivity index (χ0n) is 10.0. The Morgan fingerprint density at radius 3 is 3.05 bits per heavy atom. The first-order valence-corrected chi connectivity index (χ1v) is 6.78. The summed E-state index contributed by atoms with van der Waals surface area (Å²) < 4.78 is 1.57. The molecule has 0 saturated carbocycles. The number of carboxylic acids is 1. The highest BCUT2D eigenvalue weighted by Gasteiger charge is 2.25. The summed E-state index contributed by atoms with van der Waals surface area (Å²) in [4.78, 5) is 37.4. The van der Waals surface area contributed by atoms with Crippen LogP contribution in [0.1, 0.15) is 18.9 Å². The maximum atomic E-state index is 11.8. The molecule has 2 heterocycles. The fraction of sp³-hybridized carbons (Fsp3) is 0.455. The molecule has 0 radical (unpaired) electrons. The van der Waals surface area contributed by atoms with Crippen molar-refractivity contribution in [1.82, 2.24) is 14.9 Å². The number of aliphatic carboxylic acids is 1. The number of thioether (sulfide) groups is 1. The number of nitrogens with zero attached hydrogens (tertiary/aromatic N) is 2. The van der Waals surface area contributed by atoms with E-state index in [1.165, 1.54) is 12.3 Å². The Labute approximate surface area is 113 Å². The molecule has 1 fully saturated rings. The van der Waals surface area contributed by atoms with Crippen molar-refractivity contribution in [2.75, 3.05) is 12.3 Å². The van der Waals surface area contributed by atoms with Gasteiger partial charge in [0, 0.05) is 18.8 Å². The molecule has 8 heteroatoms. The summed E-state index contributed by atoms with van der Waals surface area (Å²) in [5.41, 5.74) is -0.444. The van der Waals surface area contributed by atoms with E-state index in [1.54, 1.807) is 4.57 Å². The molecule has 1 unspecified atom stereocenters. The van der Waals surface area contributed by atoms with Gasteiger partial charge in [-0.3, -0.25) is 14.4 Å². The largest absolute Gasteiger partial charge is 0.481 e. The van der Waals surface area contributed by atoms with E-state index in [0.717, 1.165) is 18.2 Å². The Hall–Kier alpha value is -1.83. The molecule has 1 amide bonds. The van der Waals surface area contributed by atoms with Crippen LogP contribution in [0.3, 0.4) is 0 Å². The molecule has 7 nitrogen and oxygen atoms in total. The molecule has 1 aromatic rings. The number of hydrogen-bond donors (Lipinski definition) is 2. The molecular weight excluding hydrogens is 270 g/mol. The number of aromatic nitrogens is 2. The molecule has 0 bridgehead atoms. The molecule has 2 rings (SSSR count). The number of rotatable bonds is 4. The van der Waals surface area contributed by atoms with Gasteiger partial charge < -0.3 is 15.0 Å². The van der Waals surface area contributed by atoms with Gasteiger partial charge in [0.25, 0.3) is 5.56 Å². The minimum atomic E-state index is -0.997. The lowest BCUT2D eigenvalue weighted by atomic mass is 10.1. The quantitative estimate of drug-likeness (QED) is 0.589. The highest BCUT2D eigenvalue weighted by Crippen LogP contribution is 2.23. The standard InChI is InChI=1S/C11H13N3O4S/c15-8-3-5-14(7-2-1-4-12-10(7)18)11(13-8)19-6-9(16)17/h3,5,7H,1-2,4,6H2,(H,12,18)(H,16,17). The Morgan fingerprint density at radius 2 is 2.37 bits per heavy atom. The summed E-state index contributed by atoms with van der Waals surface area (Å²) in [7, 11) is 0. The summed E-state index contributed by atoms with van der Waals surface area (Å²) in [5, 5.41) is 11.7. The lowest BCUT2D eigenvalue weighted by Gasteiger charge is -2.25. The van der Waals surface area contributed by atoms with Gasteiger partial charge in [0.15, 0.2) is 5.16 Å². The number of carbonyl (C=O) groups excluding carboxylic acids is 1. The Morgan fingerprint density at radius 1 is 1.58 bits per heavy atom. The van der Waals surface area contributed by atoms with Crippen molar-refractivity contribution in [1.29, 1.82) is 0 Å². The van der Waals surface area contributed by atoms with Gasteiger partial charge in [-0.2, -0.15) is 4.98 Å². The topological polar surface area (TPSA) is 101 Å². The Bertz CT molecular complexity index is 557. The fourth-order valence-electron chi connectivity index (χ4n) is 1.89. The Kier molecular flexibility index (Phi) is 4.20. The van der Waals surface area contributed by atoms with E-state index >= 15 is 0 Å². The lowest BCUT2D eigenvalue weighted by Crippen LogP contribution is -2.38. The first kappa shape index (κ1) is 13.6. The fourth-order valence-corrected chi connectivity index (χ4v) is 2.63. The van der Waals surface area contributed by atoms with E-state index < -0.39 is 17.6 Å². The van der Waals surface area contributed by atoms with Crippen LogP contribution < -0.4 is 10.9 Å². The van der Waals surface area contributed by atoms with Crippen LogP contribution in [-0.2, 0) is 9.59 Å². The molecule has 1 aromatic heterocycles. The van der Waals surface area contributed by atoms with E-state index in [9.17, 15) is 14.4 Å². The summed E-state index contributed by atoms with van der Waals surface area (Å²) in [6.45, 7) is 0.639. The molecule has 19 heavy (non-hydrogen) atoms. The van der Waals surface area contributed by atoms with E-state index in [2.05, 4.69) is 10.3 Å². The first-order chi connectivity index (χ1) is 9.08. The second-order valence-electron chi connectivity index (χ2n) is 4.09. The molecule has 1 aliphatic rings. The van der Waals surface area contributed by atoms with Crippen LogP contribution in [0, 0.1) is 0 Å². The third-order valence-electron chi connectivity index (χ3n) is 2.72. The van der Waals surface area contributed by atoms with Gasteiger partial charge >= 0.3 is 5.97 Å². The minimum absolute atomic E-state index is 0.131. The van der Waals surface area contributed by atoms with Crippen LogP contribution in [0.15, 0.2) is 22.2 Å². The second kappa shape index (κ2) is 5.87. The Balaban J connectivity index is 2.30. The van der Waals surface area contributed by atoms with Gasteiger partial charge in [-0.1, -0.05) is 11.8 Å². The predicted molar refractivity (Wildman–Crippen MR) is 68.1 cm³/mol. The molecule has 0 aliphatic carbocycles. The second-order valence-corrected chi connectivity index (χ2v) is 5.03. The number of carbonyl (C=O) groups is 2. The zero-order chi connectivity index (χ0) is 13.8. The number of piperidine rings is 1. The van der Waals surface area contributed by atoms with Crippen molar-refractivity contribution in [3.8, 4) is 0 Å². The van der Waals surface area contributed by atoms with Crippen LogP contribution in [-0.4, -0.2) is 38.8 Å². The smallest absolute Gasteiger partial charge is 0.313 e. The third-order valence-corrected chi connectivity index (χ3v) is 3.67. The molecule has 0 spiro atoms. The van der Waals surface area contributed by atoms with Gasteiger partial charge in [0.2, 0.25) is 5.91 Å². The minimum Gasteiger partial charge on any atom is -0.481 e. The molecular formula is C11H13N3O4S. The van der Waals surface area contributed by atoms with E-state index in [1.807, 2.05) is 0 Å².